The number of carbonyl (C=O) groups excluding carboxylic acids is 1. The lowest BCUT2D eigenvalue weighted by molar-refractivity contribution is 0.0726. The summed E-state index contributed by atoms with van der Waals surface area (Å²) in [6.45, 7) is 3.56. The first-order valence-corrected chi connectivity index (χ1v) is 6.90. The Morgan fingerprint density at radius 2 is 1.95 bits per heavy atom. The van der Waals surface area contributed by atoms with Gasteiger partial charge in [0.1, 0.15) is 5.60 Å². The molecule has 3 N–H and O–H groups in total. The molecule has 1 amide bonds. The van der Waals surface area contributed by atoms with Crippen LogP contribution in [0.25, 0.3) is 17.3 Å². The quantitative estimate of drug-likeness (QED) is 0.516. The smallest absolute Gasteiger partial charge is 0.422 e. The Morgan fingerprint density at radius 3 is 2.55 bits per heavy atom. The van der Waals surface area contributed by atoms with Gasteiger partial charge in [-0.15, -0.1) is 0 Å². The summed E-state index contributed by atoms with van der Waals surface area (Å²) >= 11 is 0. The van der Waals surface area contributed by atoms with Crippen molar-refractivity contribution < 1.29 is 9.53 Å². The molecule has 0 saturated heterocycles. The molecule has 114 valence electrons. The molecule has 0 atom stereocenters. The first kappa shape index (κ1) is 15.7. The van der Waals surface area contributed by atoms with Gasteiger partial charge >= 0.3 is 6.09 Å². The monoisotopic (exact) mass is 297 g/mol. The van der Waals surface area contributed by atoms with Gasteiger partial charge in [0.15, 0.2) is 0 Å². The molecular weight excluding hydrogens is 278 g/mol. The molecule has 2 rings (SSSR count). The van der Waals surface area contributed by atoms with Crippen LogP contribution >= 0.6 is 0 Å². The van der Waals surface area contributed by atoms with E-state index in [4.69, 9.17) is 10.6 Å². The molecule has 1 heterocycles. The second kappa shape index (κ2) is 6.87. The summed E-state index contributed by atoms with van der Waals surface area (Å²) in [5.41, 5.74) is 4.18. The molecule has 0 saturated carbocycles. The Labute approximate surface area is 129 Å². The lowest BCUT2D eigenvalue weighted by Gasteiger charge is -2.20. The van der Waals surface area contributed by atoms with Crippen LogP contribution in [0.1, 0.15) is 19.4 Å². The van der Waals surface area contributed by atoms with Gasteiger partial charge in [0.05, 0.1) is 5.69 Å². The molecule has 5 nitrogen and oxygen atoms in total. The number of pyridine rings is 1. The minimum Gasteiger partial charge on any atom is -0.438 e. The first-order chi connectivity index (χ1) is 10.5. The van der Waals surface area contributed by atoms with Gasteiger partial charge in [-0.25, -0.2) is 10.6 Å². The van der Waals surface area contributed by atoms with Gasteiger partial charge < -0.3 is 4.74 Å². The molecule has 1 aromatic carbocycles. The van der Waals surface area contributed by atoms with Crippen LogP contribution in [0.3, 0.4) is 0 Å². The van der Waals surface area contributed by atoms with Crippen LogP contribution in [0.2, 0.25) is 0 Å². The molecule has 0 aliphatic heterocycles. The molecule has 0 aliphatic carbocycles. The number of nitrogens with one attached hydrogen (secondary N) is 1. The van der Waals surface area contributed by atoms with Crippen molar-refractivity contribution in [1.82, 2.24) is 10.4 Å². The molecule has 0 radical (unpaired) electrons. The van der Waals surface area contributed by atoms with Gasteiger partial charge in [-0.1, -0.05) is 36.4 Å². The van der Waals surface area contributed by atoms with E-state index in [1.54, 1.807) is 26.1 Å². The average molecular weight is 297 g/mol. The minimum absolute atomic E-state index is 0.667. The number of hydrazine groups is 1. The molecular formula is C17H19N3O2. The largest absolute Gasteiger partial charge is 0.438 e. The van der Waals surface area contributed by atoms with Gasteiger partial charge in [0.25, 0.3) is 0 Å². The molecule has 22 heavy (non-hydrogen) atoms. The van der Waals surface area contributed by atoms with E-state index in [9.17, 15) is 4.79 Å². The van der Waals surface area contributed by atoms with Crippen molar-refractivity contribution in [2.45, 2.75) is 19.4 Å². The van der Waals surface area contributed by atoms with Crippen molar-refractivity contribution in [2.24, 2.45) is 5.84 Å². The topological polar surface area (TPSA) is 77.2 Å². The Balaban J connectivity index is 2.08. The fourth-order valence-corrected chi connectivity index (χ4v) is 1.90. The molecule has 0 spiro atoms. The standard InChI is InChI=1S/C17H19N3O2/c1-17(2,22-16(21)20-18)11-10-13-6-8-14(9-7-13)15-5-3-4-12-19-15/h3-12H,18H2,1-2H3,(H,20,21). The predicted octanol–water partition coefficient (Wildman–Crippen LogP) is 3.14. The van der Waals surface area contributed by atoms with Gasteiger partial charge in [-0.3, -0.25) is 10.4 Å². The number of benzene rings is 1. The maximum atomic E-state index is 11.1. The zero-order valence-corrected chi connectivity index (χ0v) is 12.6. The molecule has 0 unspecified atom stereocenters. The maximum absolute atomic E-state index is 11.1. The van der Waals surface area contributed by atoms with Gasteiger partial charge in [-0.2, -0.15) is 0 Å². The van der Waals surface area contributed by atoms with Crippen LogP contribution in [0.4, 0.5) is 4.79 Å². The number of aromatic nitrogens is 1. The summed E-state index contributed by atoms with van der Waals surface area (Å²) in [6.07, 6.45) is 4.80. The summed E-state index contributed by atoms with van der Waals surface area (Å²) in [5, 5.41) is 0. The molecule has 0 fully saturated rings. The highest BCUT2D eigenvalue weighted by Crippen LogP contribution is 2.19. The van der Waals surface area contributed by atoms with E-state index >= 15 is 0 Å². The van der Waals surface area contributed by atoms with Crippen LogP contribution in [0.15, 0.2) is 54.7 Å². The normalized spacial score (nSPS) is 11.4. The molecule has 2 aromatic rings. The van der Waals surface area contributed by atoms with Gasteiger partial charge in [-0.05, 0) is 37.6 Å². The van der Waals surface area contributed by atoms with E-state index in [1.165, 1.54) is 0 Å². The molecule has 1 aromatic heterocycles. The molecule has 0 bridgehead atoms. The Bertz CT molecular complexity index is 649. The van der Waals surface area contributed by atoms with Crippen molar-refractivity contribution in [3.63, 3.8) is 0 Å². The van der Waals surface area contributed by atoms with E-state index in [0.29, 0.717) is 0 Å². The number of amides is 1. The summed E-state index contributed by atoms with van der Waals surface area (Å²) in [5.74, 6) is 5.00. The number of hydrogen-bond donors (Lipinski definition) is 2. The second-order valence-electron chi connectivity index (χ2n) is 5.31. The van der Waals surface area contributed by atoms with Crippen LogP contribution in [-0.4, -0.2) is 16.7 Å². The molecule has 5 heteroatoms. The zero-order valence-electron chi connectivity index (χ0n) is 12.6. The first-order valence-electron chi connectivity index (χ1n) is 6.90. The number of rotatable bonds is 4. The van der Waals surface area contributed by atoms with E-state index < -0.39 is 11.7 Å². The van der Waals surface area contributed by atoms with Crippen LogP contribution in [0, 0.1) is 0 Å². The second-order valence-corrected chi connectivity index (χ2v) is 5.31. The highest BCUT2D eigenvalue weighted by molar-refractivity contribution is 5.67. The van der Waals surface area contributed by atoms with Crippen molar-refractivity contribution in [2.75, 3.05) is 0 Å². The van der Waals surface area contributed by atoms with E-state index in [-0.39, 0.29) is 0 Å². The summed E-state index contributed by atoms with van der Waals surface area (Å²) < 4.78 is 5.13. The summed E-state index contributed by atoms with van der Waals surface area (Å²) in [6, 6.07) is 13.8. The van der Waals surface area contributed by atoms with Gasteiger partial charge in [0.2, 0.25) is 0 Å². The number of nitrogens with zero attached hydrogens (tertiary/aromatic N) is 1. The number of hydrogen-bond acceptors (Lipinski definition) is 4. The van der Waals surface area contributed by atoms with Crippen LogP contribution in [0.5, 0.6) is 0 Å². The van der Waals surface area contributed by atoms with Gasteiger partial charge in [0, 0.05) is 11.8 Å². The third-order valence-electron chi connectivity index (χ3n) is 3.02. The van der Waals surface area contributed by atoms with Crippen LogP contribution < -0.4 is 11.3 Å². The maximum Gasteiger partial charge on any atom is 0.422 e. The fraction of sp³-hybridized carbons (Fsp3) is 0.176. The summed E-state index contributed by atoms with van der Waals surface area (Å²) in [7, 11) is 0. The Kier molecular flexibility index (Phi) is 4.91. The highest BCUT2D eigenvalue weighted by atomic mass is 16.6. The van der Waals surface area contributed by atoms with E-state index in [0.717, 1.165) is 16.8 Å². The Morgan fingerprint density at radius 1 is 1.23 bits per heavy atom. The third kappa shape index (κ3) is 4.43. The summed E-state index contributed by atoms with van der Waals surface area (Å²) in [4.78, 5) is 15.5. The van der Waals surface area contributed by atoms with E-state index in [1.807, 2.05) is 54.0 Å². The van der Waals surface area contributed by atoms with Crippen molar-refractivity contribution >= 4 is 12.2 Å². The van der Waals surface area contributed by atoms with Crippen LogP contribution in [-0.2, 0) is 4.74 Å². The third-order valence-corrected chi connectivity index (χ3v) is 3.02. The Hall–Kier alpha value is -2.66. The van der Waals surface area contributed by atoms with Crippen molar-refractivity contribution in [1.29, 1.82) is 0 Å². The predicted molar refractivity (Wildman–Crippen MR) is 86.6 cm³/mol. The SMILES string of the molecule is CC(C)(C=Cc1ccc(-c2ccccn2)cc1)OC(=O)NN. The molecule has 0 aliphatic rings. The highest BCUT2D eigenvalue weighted by Gasteiger charge is 2.18. The zero-order chi connectivity index (χ0) is 16.0. The van der Waals surface area contributed by atoms with Crippen molar-refractivity contribution in [3.05, 3.63) is 60.3 Å². The number of ether oxygens (including phenoxy) is 1. The number of carbonyl (C=O) groups is 1. The van der Waals surface area contributed by atoms with E-state index in [2.05, 4.69) is 4.98 Å². The fourth-order valence-electron chi connectivity index (χ4n) is 1.90. The lowest BCUT2D eigenvalue weighted by atomic mass is 10.0. The minimum atomic E-state index is -0.747. The lowest BCUT2D eigenvalue weighted by Crippen LogP contribution is -2.37. The average Bonchev–Trinajstić information content (AvgIpc) is 2.54. The number of nitrogens with two attached hydrogens (primary N) is 1. The van der Waals surface area contributed by atoms with Crippen molar-refractivity contribution in [3.8, 4) is 11.3 Å².